The van der Waals surface area contributed by atoms with Gasteiger partial charge in [-0.3, -0.25) is 0 Å². The fourth-order valence-corrected chi connectivity index (χ4v) is 8.45. The highest BCUT2D eigenvalue weighted by Gasteiger charge is 2.27. The van der Waals surface area contributed by atoms with E-state index in [0.717, 1.165) is 44.8 Å². The Kier molecular flexibility index (Phi) is 6.58. The quantitative estimate of drug-likeness (QED) is 0.198. The number of benzene rings is 8. The predicted octanol–water partition coefficient (Wildman–Crippen LogP) is 11.7. The lowest BCUT2D eigenvalue weighted by Gasteiger charge is -2.24. The molecule has 1 aliphatic carbocycles. The van der Waals surface area contributed by atoms with Gasteiger partial charge in [0.15, 0.2) is 6.17 Å². The summed E-state index contributed by atoms with van der Waals surface area (Å²) in [5.41, 5.74) is 13.0. The second kappa shape index (κ2) is 11.8. The first kappa shape index (κ1) is 29.7. The molecular formula is C49H32N4. The van der Waals surface area contributed by atoms with Crippen LogP contribution in [0.4, 0.5) is 0 Å². The van der Waals surface area contributed by atoms with Crippen molar-refractivity contribution in [1.82, 2.24) is 9.88 Å². The number of rotatable bonds is 4. The molecule has 248 valence electrons. The summed E-state index contributed by atoms with van der Waals surface area (Å²) in [5, 5.41) is 9.60. The lowest BCUT2D eigenvalue weighted by atomic mass is 9.91. The zero-order valence-corrected chi connectivity index (χ0v) is 28.7. The second-order valence-electron chi connectivity index (χ2n) is 13.8. The van der Waals surface area contributed by atoms with Crippen LogP contribution in [0.15, 0.2) is 192 Å². The van der Waals surface area contributed by atoms with Crippen molar-refractivity contribution in [3.05, 3.63) is 199 Å². The molecule has 1 aliphatic heterocycles. The summed E-state index contributed by atoms with van der Waals surface area (Å²) < 4.78 is 2.41. The Morgan fingerprint density at radius 3 is 1.66 bits per heavy atom. The predicted molar refractivity (Wildman–Crippen MR) is 220 cm³/mol. The van der Waals surface area contributed by atoms with Gasteiger partial charge in [-0.25, -0.2) is 9.98 Å². The molecule has 0 radical (unpaired) electrons. The third-order valence-corrected chi connectivity index (χ3v) is 10.8. The molecule has 0 atom stereocenters. The molecule has 9 aromatic rings. The normalized spacial score (nSPS) is 13.6. The molecule has 0 spiro atoms. The first-order chi connectivity index (χ1) is 26.3. The molecule has 11 rings (SSSR count). The Bertz CT molecular complexity index is 2920. The molecule has 0 amide bonds. The van der Waals surface area contributed by atoms with E-state index >= 15 is 0 Å². The fourth-order valence-electron chi connectivity index (χ4n) is 8.45. The van der Waals surface area contributed by atoms with Crippen molar-refractivity contribution in [1.29, 1.82) is 0 Å². The number of fused-ring (bicyclic) bond motifs is 8. The number of nitrogens with one attached hydrogen (secondary N) is 1. The fraction of sp³-hybridized carbons (Fsp3) is 0.0204. The highest BCUT2D eigenvalue weighted by atomic mass is 15.2. The van der Waals surface area contributed by atoms with Gasteiger partial charge in [-0.1, -0.05) is 164 Å². The van der Waals surface area contributed by atoms with Gasteiger partial charge in [-0.2, -0.15) is 0 Å². The number of amidine groups is 2. The smallest absolute Gasteiger partial charge is 0.170 e. The van der Waals surface area contributed by atoms with Gasteiger partial charge in [0.1, 0.15) is 11.7 Å². The summed E-state index contributed by atoms with van der Waals surface area (Å²) in [6.45, 7) is 0. The van der Waals surface area contributed by atoms with Crippen LogP contribution in [0.2, 0.25) is 0 Å². The molecule has 2 heterocycles. The monoisotopic (exact) mass is 676 g/mol. The number of aliphatic imine (C=N–C) groups is 2. The highest BCUT2D eigenvalue weighted by molar-refractivity contribution is 6.22. The molecule has 0 saturated heterocycles. The van der Waals surface area contributed by atoms with Gasteiger partial charge in [-0.15, -0.1) is 0 Å². The first-order valence-corrected chi connectivity index (χ1v) is 18.1. The number of nitrogens with zero attached hydrogens (tertiary/aromatic N) is 3. The van der Waals surface area contributed by atoms with E-state index in [-0.39, 0.29) is 0 Å². The van der Waals surface area contributed by atoms with Gasteiger partial charge in [0.25, 0.3) is 0 Å². The van der Waals surface area contributed by atoms with Crippen molar-refractivity contribution < 1.29 is 0 Å². The summed E-state index contributed by atoms with van der Waals surface area (Å²) in [5.74, 6) is 1.62. The van der Waals surface area contributed by atoms with Crippen molar-refractivity contribution in [2.75, 3.05) is 0 Å². The Labute approximate surface area is 307 Å². The number of aromatic nitrogens is 1. The topological polar surface area (TPSA) is 41.7 Å². The maximum atomic E-state index is 5.24. The molecular weight excluding hydrogens is 645 g/mol. The molecule has 0 saturated carbocycles. The summed E-state index contributed by atoms with van der Waals surface area (Å²) >= 11 is 0. The van der Waals surface area contributed by atoms with Gasteiger partial charge in [0, 0.05) is 44.8 Å². The van der Waals surface area contributed by atoms with Gasteiger partial charge in [0.2, 0.25) is 0 Å². The van der Waals surface area contributed by atoms with E-state index in [0.29, 0.717) is 0 Å². The minimum atomic E-state index is -0.429. The standard InChI is InChI=1S/C49H32N4/c1-3-15-31(16-4-1)47-50-48(32-17-5-2-6-18-32)52-49(51-47)41-27-28-43(39-25-13-11-24-38(39)41)53-30-42-37-23-10-9-21-35(37)36-22-12-14-26-40(36)45-34-20-8-7-19-33(34)29-44(53)46(42)45/h1-30,49H,(H,50,51,52). The van der Waals surface area contributed by atoms with E-state index in [1.165, 1.54) is 55.1 Å². The van der Waals surface area contributed by atoms with E-state index < -0.39 is 6.17 Å². The van der Waals surface area contributed by atoms with Crippen molar-refractivity contribution in [2.24, 2.45) is 9.98 Å². The van der Waals surface area contributed by atoms with Crippen LogP contribution in [0.3, 0.4) is 0 Å². The van der Waals surface area contributed by atoms with Crippen LogP contribution >= 0.6 is 0 Å². The van der Waals surface area contributed by atoms with E-state index in [2.05, 4.69) is 156 Å². The molecule has 4 nitrogen and oxygen atoms in total. The Morgan fingerprint density at radius 1 is 0.453 bits per heavy atom. The zero-order chi connectivity index (χ0) is 34.9. The summed E-state index contributed by atoms with van der Waals surface area (Å²) in [4.78, 5) is 10.5. The van der Waals surface area contributed by atoms with Crippen molar-refractivity contribution in [3.8, 4) is 39.1 Å². The van der Waals surface area contributed by atoms with Crippen LogP contribution in [0.1, 0.15) is 22.9 Å². The van der Waals surface area contributed by atoms with E-state index in [4.69, 9.17) is 9.98 Å². The first-order valence-electron chi connectivity index (χ1n) is 18.1. The lowest BCUT2D eigenvalue weighted by molar-refractivity contribution is 0.762. The molecule has 53 heavy (non-hydrogen) atoms. The third kappa shape index (κ3) is 4.62. The molecule has 8 aromatic carbocycles. The Hall–Kier alpha value is -7.04. The maximum absolute atomic E-state index is 5.24. The molecule has 1 N–H and O–H groups in total. The van der Waals surface area contributed by atoms with Crippen LogP contribution < -0.4 is 5.32 Å². The SMILES string of the molecule is c1ccc(C2=NC(c3ccc(-n4cc5c6c(c7ccccc7cc64)-c4ccccc4-c4ccccc4-5)c4ccccc34)N=C(c3ccccc3)N2)cc1. The lowest BCUT2D eigenvalue weighted by Crippen LogP contribution is -2.36. The van der Waals surface area contributed by atoms with E-state index in [1.807, 2.05) is 36.4 Å². The summed E-state index contributed by atoms with van der Waals surface area (Å²) in [7, 11) is 0. The van der Waals surface area contributed by atoms with Crippen LogP contribution in [0.25, 0.3) is 71.5 Å². The van der Waals surface area contributed by atoms with Crippen LogP contribution in [0.5, 0.6) is 0 Å². The van der Waals surface area contributed by atoms with Crippen molar-refractivity contribution in [2.45, 2.75) is 6.17 Å². The van der Waals surface area contributed by atoms with Gasteiger partial charge in [0.05, 0.1) is 11.2 Å². The van der Waals surface area contributed by atoms with Gasteiger partial charge in [-0.05, 0) is 50.5 Å². The minimum absolute atomic E-state index is 0.429. The van der Waals surface area contributed by atoms with Crippen molar-refractivity contribution in [3.63, 3.8) is 0 Å². The van der Waals surface area contributed by atoms with Crippen LogP contribution in [-0.4, -0.2) is 16.2 Å². The Morgan fingerprint density at radius 2 is 0.981 bits per heavy atom. The summed E-state index contributed by atoms with van der Waals surface area (Å²) in [6.07, 6.45) is 1.93. The molecule has 2 aliphatic rings. The van der Waals surface area contributed by atoms with Gasteiger partial charge < -0.3 is 9.88 Å². The largest absolute Gasteiger partial charge is 0.324 e. The Balaban J connectivity index is 1.17. The number of hydrogen-bond donors (Lipinski definition) is 1. The van der Waals surface area contributed by atoms with Crippen LogP contribution in [0, 0.1) is 0 Å². The van der Waals surface area contributed by atoms with E-state index in [9.17, 15) is 0 Å². The maximum Gasteiger partial charge on any atom is 0.170 e. The molecule has 0 unspecified atom stereocenters. The molecule has 4 heteroatoms. The molecule has 0 fully saturated rings. The second-order valence-corrected chi connectivity index (χ2v) is 13.8. The number of hydrogen-bond acceptors (Lipinski definition) is 3. The highest BCUT2D eigenvalue weighted by Crippen LogP contribution is 2.51. The average molecular weight is 677 g/mol. The summed E-state index contributed by atoms with van der Waals surface area (Å²) in [6, 6.07) is 62.8. The molecule has 1 aromatic heterocycles. The minimum Gasteiger partial charge on any atom is -0.324 e. The van der Waals surface area contributed by atoms with Crippen molar-refractivity contribution >= 4 is 44.1 Å². The van der Waals surface area contributed by atoms with E-state index in [1.54, 1.807) is 0 Å². The molecule has 0 bridgehead atoms. The zero-order valence-electron chi connectivity index (χ0n) is 28.7. The third-order valence-electron chi connectivity index (χ3n) is 10.8. The average Bonchev–Trinajstić information content (AvgIpc) is 3.55. The van der Waals surface area contributed by atoms with Crippen LogP contribution in [-0.2, 0) is 0 Å². The van der Waals surface area contributed by atoms with Gasteiger partial charge >= 0.3 is 0 Å².